The lowest BCUT2D eigenvalue weighted by Gasteiger charge is -2.40. The molecule has 0 bridgehead atoms. The highest BCUT2D eigenvalue weighted by molar-refractivity contribution is 5.45. The molecule has 1 saturated heterocycles. The van der Waals surface area contributed by atoms with Gasteiger partial charge in [0, 0.05) is 6.42 Å². The van der Waals surface area contributed by atoms with Crippen molar-refractivity contribution in [2.75, 3.05) is 19.8 Å². The van der Waals surface area contributed by atoms with Crippen molar-refractivity contribution in [3.8, 4) is 11.5 Å². The Bertz CT molecular complexity index is 872. The fourth-order valence-corrected chi connectivity index (χ4v) is 3.70. The van der Waals surface area contributed by atoms with Crippen LogP contribution >= 0.6 is 0 Å². The largest absolute Gasteiger partial charge is 0.486 e. The van der Waals surface area contributed by atoms with Crippen LogP contribution in [0.15, 0.2) is 36.4 Å². The van der Waals surface area contributed by atoms with Gasteiger partial charge in [0.1, 0.15) is 49.6 Å². The van der Waals surface area contributed by atoms with Gasteiger partial charge in [0.05, 0.1) is 6.61 Å². The maximum atomic E-state index is 14.5. The third-order valence-corrected chi connectivity index (χ3v) is 5.29. The number of fused-ring (bicyclic) bond motifs is 1. The molecule has 4 N–H and O–H groups in total. The summed E-state index contributed by atoms with van der Waals surface area (Å²) in [6.07, 6.45) is -6.11. The number of aliphatic hydroxyl groups is 4. The zero-order valence-electron chi connectivity index (χ0n) is 15.6. The van der Waals surface area contributed by atoms with E-state index in [0.717, 1.165) is 5.56 Å². The molecule has 2 aliphatic heterocycles. The Morgan fingerprint density at radius 2 is 1.66 bits per heavy atom. The van der Waals surface area contributed by atoms with E-state index in [9.17, 15) is 24.8 Å². The molecule has 0 spiro atoms. The van der Waals surface area contributed by atoms with Gasteiger partial charge in [-0.05, 0) is 41.0 Å². The fraction of sp³-hybridized carbons (Fsp3) is 0.429. The van der Waals surface area contributed by atoms with Crippen molar-refractivity contribution in [3.63, 3.8) is 0 Å². The molecule has 156 valence electrons. The molecular formula is C21H23FO7. The first kappa shape index (κ1) is 20.1. The van der Waals surface area contributed by atoms with Crippen molar-refractivity contribution in [3.05, 3.63) is 58.9 Å². The summed E-state index contributed by atoms with van der Waals surface area (Å²) < 4.78 is 31.1. The molecule has 0 unspecified atom stereocenters. The Labute approximate surface area is 166 Å². The van der Waals surface area contributed by atoms with Gasteiger partial charge < -0.3 is 34.6 Å². The van der Waals surface area contributed by atoms with Crippen molar-refractivity contribution in [1.82, 2.24) is 0 Å². The third-order valence-electron chi connectivity index (χ3n) is 5.29. The maximum Gasteiger partial charge on any atom is 0.161 e. The normalized spacial score (nSPS) is 28.9. The van der Waals surface area contributed by atoms with Gasteiger partial charge in [0.15, 0.2) is 11.5 Å². The third kappa shape index (κ3) is 3.94. The summed E-state index contributed by atoms with van der Waals surface area (Å²) in [6.45, 7) is 0.423. The first-order valence-corrected chi connectivity index (χ1v) is 9.45. The molecule has 7 nitrogen and oxygen atoms in total. The summed E-state index contributed by atoms with van der Waals surface area (Å²) in [7, 11) is 0. The Morgan fingerprint density at radius 1 is 0.897 bits per heavy atom. The molecule has 1 fully saturated rings. The van der Waals surface area contributed by atoms with Crippen molar-refractivity contribution >= 4 is 0 Å². The number of hydrogen-bond acceptors (Lipinski definition) is 7. The quantitative estimate of drug-likeness (QED) is 0.592. The minimum atomic E-state index is -1.49. The van der Waals surface area contributed by atoms with E-state index in [1.165, 1.54) is 12.1 Å². The highest BCUT2D eigenvalue weighted by atomic mass is 19.1. The summed E-state index contributed by atoms with van der Waals surface area (Å²) in [5.74, 6) is 0.836. The topological polar surface area (TPSA) is 109 Å². The van der Waals surface area contributed by atoms with Crippen LogP contribution < -0.4 is 9.47 Å². The smallest absolute Gasteiger partial charge is 0.161 e. The average Bonchev–Trinajstić information content (AvgIpc) is 2.74. The van der Waals surface area contributed by atoms with Gasteiger partial charge in [-0.15, -0.1) is 0 Å². The molecule has 0 saturated carbocycles. The van der Waals surface area contributed by atoms with Gasteiger partial charge in [-0.3, -0.25) is 0 Å². The molecule has 2 heterocycles. The number of hydrogen-bond donors (Lipinski definition) is 4. The fourth-order valence-electron chi connectivity index (χ4n) is 3.70. The summed E-state index contributed by atoms with van der Waals surface area (Å²) in [6, 6.07) is 9.68. The van der Waals surface area contributed by atoms with E-state index in [-0.39, 0.29) is 6.42 Å². The Balaban J connectivity index is 1.59. The number of benzene rings is 2. The molecule has 29 heavy (non-hydrogen) atoms. The summed E-state index contributed by atoms with van der Waals surface area (Å²) in [5.41, 5.74) is 1.63. The van der Waals surface area contributed by atoms with E-state index in [1.54, 1.807) is 18.2 Å². The predicted molar refractivity (Wildman–Crippen MR) is 99.4 cm³/mol. The lowest BCUT2D eigenvalue weighted by atomic mass is 9.90. The van der Waals surface area contributed by atoms with E-state index < -0.39 is 42.9 Å². The van der Waals surface area contributed by atoms with Crippen LogP contribution in [-0.2, 0) is 11.2 Å². The Kier molecular flexibility index (Phi) is 5.71. The minimum absolute atomic E-state index is 0.272. The Morgan fingerprint density at radius 3 is 2.41 bits per heavy atom. The van der Waals surface area contributed by atoms with Crippen molar-refractivity contribution in [2.45, 2.75) is 36.9 Å². The van der Waals surface area contributed by atoms with Crippen LogP contribution in [0.5, 0.6) is 11.5 Å². The summed E-state index contributed by atoms with van der Waals surface area (Å²) >= 11 is 0. The summed E-state index contributed by atoms with van der Waals surface area (Å²) in [5, 5.41) is 39.6. The lowest BCUT2D eigenvalue weighted by Crippen LogP contribution is -2.55. The molecule has 2 aliphatic rings. The van der Waals surface area contributed by atoms with Crippen LogP contribution in [0.4, 0.5) is 4.39 Å². The maximum absolute atomic E-state index is 14.5. The van der Waals surface area contributed by atoms with E-state index in [4.69, 9.17) is 14.2 Å². The standard InChI is InChI=1S/C21H23FO7/c22-14-3-2-12(21-20(26)19(25)18(24)17(10-23)29-21)9-13(14)7-11-1-4-15-16(8-11)28-6-5-27-15/h1-4,8-9,17-21,23-26H,5-7,10H2/t17-,18-,19+,20-,21+/m1/s1. The monoisotopic (exact) mass is 406 g/mol. The van der Waals surface area contributed by atoms with E-state index in [1.807, 2.05) is 6.07 Å². The SMILES string of the molecule is OC[C@H]1O[C@@H](c2ccc(F)c(Cc3ccc4c(c3)OCCO4)c2)[C@H](O)[C@@H](O)[C@@H]1O. The molecule has 2 aromatic carbocycles. The molecule has 5 atom stereocenters. The van der Waals surface area contributed by atoms with Gasteiger partial charge in [-0.2, -0.15) is 0 Å². The first-order valence-electron chi connectivity index (χ1n) is 9.45. The van der Waals surface area contributed by atoms with Crippen LogP contribution in [0.1, 0.15) is 22.8 Å². The molecule has 8 heteroatoms. The van der Waals surface area contributed by atoms with Crippen molar-refractivity contribution in [1.29, 1.82) is 0 Å². The molecular weight excluding hydrogens is 383 g/mol. The van der Waals surface area contributed by atoms with E-state index in [2.05, 4.69) is 0 Å². The molecule has 2 aromatic rings. The highest BCUT2D eigenvalue weighted by Crippen LogP contribution is 2.35. The van der Waals surface area contributed by atoms with Gasteiger partial charge >= 0.3 is 0 Å². The first-order chi connectivity index (χ1) is 14.0. The number of aliphatic hydroxyl groups excluding tert-OH is 4. The minimum Gasteiger partial charge on any atom is -0.486 e. The van der Waals surface area contributed by atoms with E-state index in [0.29, 0.717) is 35.8 Å². The second-order valence-corrected chi connectivity index (χ2v) is 7.26. The van der Waals surface area contributed by atoms with Gasteiger partial charge in [0.25, 0.3) is 0 Å². The number of ether oxygens (including phenoxy) is 3. The van der Waals surface area contributed by atoms with Gasteiger partial charge in [-0.25, -0.2) is 4.39 Å². The zero-order chi connectivity index (χ0) is 20.5. The second kappa shape index (κ2) is 8.25. The zero-order valence-corrected chi connectivity index (χ0v) is 15.6. The van der Waals surface area contributed by atoms with Crippen LogP contribution in [0.3, 0.4) is 0 Å². The van der Waals surface area contributed by atoms with Gasteiger partial charge in [-0.1, -0.05) is 12.1 Å². The van der Waals surface area contributed by atoms with Crippen LogP contribution in [-0.4, -0.2) is 64.7 Å². The second-order valence-electron chi connectivity index (χ2n) is 7.26. The molecule has 0 amide bonds. The average molecular weight is 406 g/mol. The molecule has 0 aromatic heterocycles. The molecule has 0 aliphatic carbocycles. The van der Waals surface area contributed by atoms with Crippen molar-refractivity contribution in [2.24, 2.45) is 0 Å². The lowest BCUT2D eigenvalue weighted by molar-refractivity contribution is -0.231. The highest BCUT2D eigenvalue weighted by Gasteiger charge is 2.44. The van der Waals surface area contributed by atoms with Crippen LogP contribution in [0.2, 0.25) is 0 Å². The van der Waals surface area contributed by atoms with Crippen molar-refractivity contribution < 1.29 is 39.0 Å². The number of rotatable bonds is 4. The summed E-state index contributed by atoms with van der Waals surface area (Å²) in [4.78, 5) is 0. The predicted octanol–water partition coefficient (Wildman–Crippen LogP) is 0.703. The van der Waals surface area contributed by atoms with Gasteiger partial charge in [0.2, 0.25) is 0 Å². The number of halogens is 1. The molecule has 4 rings (SSSR count). The van der Waals surface area contributed by atoms with E-state index >= 15 is 0 Å². The van der Waals surface area contributed by atoms with Crippen LogP contribution in [0.25, 0.3) is 0 Å². The van der Waals surface area contributed by atoms with Crippen LogP contribution in [0, 0.1) is 5.82 Å². The molecule has 0 radical (unpaired) electrons. The Hall–Kier alpha value is -2.23.